The monoisotopic (exact) mass is 343 g/mol. The average molecular weight is 343 g/mol. The van der Waals surface area contributed by atoms with E-state index in [9.17, 15) is 13.6 Å². The number of halogens is 2. The van der Waals surface area contributed by atoms with Crippen LogP contribution < -0.4 is 5.48 Å². The first kappa shape index (κ1) is 16.8. The van der Waals surface area contributed by atoms with Crippen molar-refractivity contribution in [3.63, 3.8) is 0 Å². The van der Waals surface area contributed by atoms with Crippen molar-refractivity contribution in [1.29, 1.82) is 0 Å². The topological polar surface area (TPSA) is 56.1 Å². The van der Waals surface area contributed by atoms with Crippen molar-refractivity contribution >= 4 is 5.91 Å². The Kier molecular flexibility index (Phi) is 4.85. The molecule has 0 bridgehead atoms. The number of hydroxylamine groups is 1. The number of amides is 1. The number of aromatic nitrogens is 2. The largest absolute Gasteiger partial charge is 0.293 e. The molecule has 0 atom stereocenters. The third kappa shape index (κ3) is 3.72. The Morgan fingerprint density at radius 2 is 1.68 bits per heavy atom. The number of rotatable bonds is 5. The number of benzene rings is 2. The van der Waals surface area contributed by atoms with Crippen molar-refractivity contribution in [2.24, 2.45) is 0 Å². The SMILES string of the molecule is CCONC(=O)c1cc(-c2ccc(F)cc2)nn1-c1ccc(F)cc1. The zero-order valence-electron chi connectivity index (χ0n) is 13.4. The van der Waals surface area contributed by atoms with Gasteiger partial charge in [0.05, 0.1) is 18.0 Å². The van der Waals surface area contributed by atoms with E-state index in [1.807, 2.05) is 0 Å². The molecule has 0 fully saturated rings. The highest BCUT2D eigenvalue weighted by atomic mass is 19.1. The van der Waals surface area contributed by atoms with Gasteiger partial charge in [-0.1, -0.05) is 0 Å². The molecule has 0 aliphatic heterocycles. The standard InChI is InChI=1S/C18H15F2N3O2/c1-2-25-22-18(24)17-11-16(12-3-5-13(19)6-4-12)21-23(17)15-9-7-14(20)8-10-15/h3-11H,2H2,1H3,(H,22,24). The summed E-state index contributed by atoms with van der Waals surface area (Å²) in [7, 11) is 0. The first-order valence-electron chi connectivity index (χ1n) is 7.62. The number of nitrogens with one attached hydrogen (secondary N) is 1. The van der Waals surface area contributed by atoms with Gasteiger partial charge in [0.25, 0.3) is 5.91 Å². The quantitative estimate of drug-likeness (QED) is 0.722. The summed E-state index contributed by atoms with van der Waals surface area (Å²) in [4.78, 5) is 17.3. The van der Waals surface area contributed by atoms with Crippen molar-refractivity contribution in [2.75, 3.05) is 6.61 Å². The molecular weight excluding hydrogens is 328 g/mol. The molecule has 25 heavy (non-hydrogen) atoms. The Labute approximate surface area is 142 Å². The molecule has 1 heterocycles. The fourth-order valence-electron chi connectivity index (χ4n) is 2.27. The van der Waals surface area contributed by atoms with Crippen LogP contribution >= 0.6 is 0 Å². The lowest BCUT2D eigenvalue weighted by Gasteiger charge is -2.07. The van der Waals surface area contributed by atoms with Crippen LogP contribution in [0.4, 0.5) is 8.78 Å². The Balaban J connectivity index is 2.05. The second-order valence-corrected chi connectivity index (χ2v) is 5.17. The highest BCUT2D eigenvalue weighted by molar-refractivity contribution is 5.93. The summed E-state index contributed by atoms with van der Waals surface area (Å²) >= 11 is 0. The molecule has 7 heteroatoms. The fraction of sp³-hybridized carbons (Fsp3) is 0.111. The number of nitrogens with zero attached hydrogens (tertiary/aromatic N) is 2. The summed E-state index contributed by atoms with van der Waals surface area (Å²) in [6.07, 6.45) is 0. The van der Waals surface area contributed by atoms with Gasteiger partial charge in [-0.05, 0) is 61.5 Å². The maximum atomic E-state index is 13.2. The molecule has 0 spiro atoms. The van der Waals surface area contributed by atoms with Crippen LogP contribution in [0.5, 0.6) is 0 Å². The lowest BCUT2D eigenvalue weighted by molar-refractivity contribution is 0.0357. The van der Waals surface area contributed by atoms with E-state index in [1.54, 1.807) is 25.1 Å². The molecule has 0 radical (unpaired) electrons. The van der Waals surface area contributed by atoms with Gasteiger partial charge in [0.2, 0.25) is 0 Å². The van der Waals surface area contributed by atoms with Crippen LogP contribution in [0.3, 0.4) is 0 Å². The van der Waals surface area contributed by atoms with Gasteiger partial charge >= 0.3 is 0 Å². The Bertz CT molecular complexity index is 874. The van der Waals surface area contributed by atoms with Crippen LogP contribution in [0, 0.1) is 11.6 Å². The Hall–Kier alpha value is -3.06. The van der Waals surface area contributed by atoms with Gasteiger partial charge in [-0.25, -0.2) is 18.9 Å². The summed E-state index contributed by atoms with van der Waals surface area (Å²) < 4.78 is 27.7. The smallest absolute Gasteiger partial charge is 0.274 e. The summed E-state index contributed by atoms with van der Waals surface area (Å²) in [6.45, 7) is 2.04. The zero-order valence-corrected chi connectivity index (χ0v) is 13.4. The maximum Gasteiger partial charge on any atom is 0.293 e. The lowest BCUT2D eigenvalue weighted by atomic mass is 10.1. The molecule has 2 aromatic carbocycles. The zero-order chi connectivity index (χ0) is 17.8. The van der Waals surface area contributed by atoms with E-state index >= 15 is 0 Å². The van der Waals surface area contributed by atoms with E-state index < -0.39 is 11.7 Å². The van der Waals surface area contributed by atoms with Crippen molar-refractivity contribution in [2.45, 2.75) is 6.92 Å². The van der Waals surface area contributed by atoms with Crippen LogP contribution in [0.1, 0.15) is 17.4 Å². The number of hydrogen-bond acceptors (Lipinski definition) is 3. The van der Waals surface area contributed by atoms with Gasteiger partial charge < -0.3 is 0 Å². The van der Waals surface area contributed by atoms with Crippen molar-refractivity contribution in [3.05, 3.63) is 71.9 Å². The van der Waals surface area contributed by atoms with Crippen LogP contribution in [-0.2, 0) is 4.84 Å². The molecule has 1 amide bonds. The van der Waals surface area contributed by atoms with Crippen LogP contribution in [0.2, 0.25) is 0 Å². The summed E-state index contributed by atoms with van der Waals surface area (Å²) in [5, 5.41) is 4.39. The average Bonchev–Trinajstić information content (AvgIpc) is 3.06. The minimum absolute atomic E-state index is 0.208. The second-order valence-electron chi connectivity index (χ2n) is 5.17. The molecular formula is C18H15F2N3O2. The molecule has 1 aromatic heterocycles. The van der Waals surface area contributed by atoms with Crippen LogP contribution in [0.25, 0.3) is 16.9 Å². The van der Waals surface area contributed by atoms with Crippen LogP contribution in [0.15, 0.2) is 54.6 Å². The first-order valence-corrected chi connectivity index (χ1v) is 7.62. The van der Waals surface area contributed by atoms with Crippen molar-refractivity contribution in [1.82, 2.24) is 15.3 Å². The van der Waals surface area contributed by atoms with E-state index in [1.165, 1.54) is 41.1 Å². The van der Waals surface area contributed by atoms with Crippen molar-refractivity contribution in [3.8, 4) is 16.9 Å². The summed E-state index contributed by atoms with van der Waals surface area (Å²) in [5.74, 6) is -1.25. The minimum Gasteiger partial charge on any atom is -0.274 e. The molecule has 3 aromatic rings. The summed E-state index contributed by atoms with van der Waals surface area (Å²) in [5.41, 5.74) is 4.15. The highest BCUT2D eigenvalue weighted by Crippen LogP contribution is 2.22. The van der Waals surface area contributed by atoms with E-state index in [-0.39, 0.29) is 11.5 Å². The minimum atomic E-state index is -0.493. The Morgan fingerprint density at radius 3 is 2.28 bits per heavy atom. The highest BCUT2D eigenvalue weighted by Gasteiger charge is 2.18. The number of carbonyl (C=O) groups is 1. The van der Waals surface area contributed by atoms with Gasteiger partial charge in [0.15, 0.2) is 0 Å². The Morgan fingerprint density at radius 1 is 1.08 bits per heavy atom. The van der Waals surface area contributed by atoms with Gasteiger partial charge in [-0.2, -0.15) is 5.10 Å². The van der Waals surface area contributed by atoms with E-state index in [0.29, 0.717) is 23.6 Å². The molecule has 128 valence electrons. The fourth-order valence-corrected chi connectivity index (χ4v) is 2.27. The van der Waals surface area contributed by atoms with Gasteiger partial charge in [0.1, 0.15) is 17.3 Å². The number of hydrogen-bond donors (Lipinski definition) is 1. The van der Waals surface area contributed by atoms with Gasteiger partial charge in [-0.15, -0.1) is 0 Å². The third-order valence-corrected chi connectivity index (χ3v) is 3.46. The van der Waals surface area contributed by atoms with Crippen molar-refractivity contribution < 1.29 is 18.4 Å². The molecule has 0 aliphatic carbocycles. The third-order valence-electron chi connectivity index (χ3n) is 3.46. The predicted octanol–water partition coefficient (Wildman–Crippen LogP) is 3.50. The molecule has 0 saturated heterocycles. The lowest BCUT2D eigenvalue weighted by Crippen LogP contribution is -2.26. The molecule has 0 unspecified atom stereocenters. The van der Waals surface area contributed by atoms with E-state index in [0.717, 1.165) is 0 Å². The normalized spacial score (nSPS) is 10.7. The van der Waals surface area contributed by atoms with Gasteiger partial charge in [-0.3, -0.25) is 9.63 Å². The predicted molar refractivity (Wildman–Crippen MR) is 88.0 cm³/mol. The van der Waals surface area contributed by atoms with E-state index in [2.05, 4.69) is 10.6 Å². The molecule has 0 saturated carbocycles. The maximum absolute atomic E-state index is 13.2. The molecule has 3 rings (SSSR count). The van der Waals surface area contributed by atoms with Crippen LogP contribution in [-0.4, -0.2) is 22.3 Å². The summed E-state index contributed by atoms with van der Waals surface area (Å²) in [6, 6.07) is 12.9. The van der Waals surface area contributed by atoms with E-state index in [4.69, 9.17) is 4.84 Å². The second kappa shape index (κ2) is 7.23. The number of carbonyl (C=O) groups excluding carboxylic acids is 1. The van der Waals surface area contributed by atoms with Gasteiger partial charge in [0, 0.05) is 5.56 Å². The molecule has 5 nitrogen and oxygen atoms in total. The first-order chi connectivity index (χ1) is 12.1. The molecule has 1 N–H and O–H groups in total. The molecule has 0 aliphatic rings.